The molecule has 0 spiro atoms. The average molecular weight is 407 g/mol. The maximum Gasteiger partial charge on any atom is 0.281 e. The van der Waals surface area contributed by atoms with Crippen molar-refractivity contribution in [2.45, 2.75) is 37.9 Å². The van der Waals surface area contributed by atoms with Gasteiger partial charge in [0, 0.05) is 54.4 Å². The van der Waals surface area contributed by atoms with E-state index in [9.17, 15) is 0 Å². The van der Waals surface area contributed by atoms with E-state index in [0.717, 1.165) is 41.1 Å². The summed E-state index contributed by atoms with van der Waals surface area (Å²) >= 11 is 1.49. The van der Waals surface area contributed by atoms with E-state index in [2.05, 4.69) is 33.2 Å². The summed E-state index contributed by atoms with van der Waals surface area (Å²) in [4.78, 5) is 11.3. The van der Waals surface area contributed by atoms with Gasteiger partial charge in [0.2, 0.25) is 0 Å². The van der Waals surface area contributed by atoms with Gasteiger partial charge in [0.25, 0.3) is 5.19 Å². The number of ether oxygens (including phenoxy) is 1. The maximum absolute atomic E-state index is 5.98. The van der Waals surface area contributed by atoms with Gasteiger partial charge in [0.1, 0.15) is 11.3 Å². The molecule has 3 fully saturated rings. The second-order valence-electron chi connectivity index (χ2n) is 8.32. The number of piperidine rings is 2. The van der Waals surface area contributed by atoms with Crippen LogP contribution in [0.5, 0.6) is 10.9 Å². The van der Waals surface area contributed by atoms with Gasteiger partial charge in [-0.15, -0.1) is 0 Å². The van der Waals surface area contributed by atoms with Crippen molar-refractivity contribution < 1.29 is 9.15 Å². The Morgan fingerprint density at radius 1 is 1.38 bits per heavy atom. The normalized spacial score (nSPS) is 24.5. The zero-order valence-electron chi connectivity index (χ0n) is 16.2. The summed E-state index contributed by atoms with van der Waals surface area (Å²) in [6, 6.07) is 10.6. The van der Waals surface area contributed by atoms with Crippen LogP contribution in [-0.2, 0) is 6.54 Å². The summed E-state index contributed by atoms with van der Waals surface area (Å²) in [5, 5.41) is 5.40. The van der Waals surface area contributed by atoms with E-state index < -0.39 is 0 Å². The number of piperazine rings is 1. The number of furan rings is 1. The van der Waals surface area contributed by atoms with Gasteiger partial charge in [-0.2, -0.15) is 4.98 Å². The van der Waals surface area contributed by atoms with Crippen molar-refractivity contribution in [3.05, 3.63) is 48.4 Å². The van der Waals surface area contributed by atoms with Crippen LogP contribution in [-0.4, -0.2) is 39.5 Å². The molecule has 0 radical (unpaired) electrons. The van der Waals surface area contributed by atoms with Crippen molar-refractivity contribution in [3.8, 4) is 10.9 Å². The lowest BCUT2D eigenvalue weighted by molar-refractivity contribution is -0.00462. The summed E-state index contributed by atoms with van der Waals surface area (Å²) in [5.74, 6) is 0.727. The molecule has 3 aliphatic rings. The number of hydrogen-bond acceptors (Lipinski definition) is 7. The largest absolute Gasteiger partial charge is 0.464 e. The molecule has 7 heteroatoms. The monoisotopic (exact) mass is 406 g/mol. The summed E-state index contributed by atoms with van der Waals surface area (Å²) in [6.45, 7) is 5.47. The zero-order chi connectivity index (χ0) is 19.4. The second-order valence-corrected chi connectivity index (χ2v) is 9.31. The number of nitrogens with zero attached hydrogens (tertiary/aromatic N) is 3. The van der Waals surface area contributed by atoms with Crippen LogP contribution in [0, 0.1) is 0 Å². The second kappa shape index (κ2) is 6.52. The number of fused-ring (bicyclic) bond motifs is 5. The SMILES string of the molecule is CC12CC[C@@H](CN1Cc1coc3cc(Oc4nc5ncccc5s4)ccc13)NC2. The van der Waals surface area contributed by atoms with E-state index in [-0.39, 0.29) is 5.54 Å². The molecule has 29 heavy (non-hydrogen) atoms. The van der Waals surface area contributed by atoms with Crippen LogP contribution in [0.15, 0.2) is 47.2 Å². The van der Waals surface area contributed by atoms with Gasteiger partial charge >= 0.3 is 0 Å². The summed E-state index contributed by atoms with van der Waals surface area (Å²) in [5.41, 5.74) is 3.04. The van der Waals surface area contributed by atoms with Crippen molar-refractivity contribution in [2.75, 3.05) is 13.1 Å². The van der Waals surface area contributed by atoms with Gasteiger partial charge in [-0.25, -0.2) is 4.98 Å². The Morgan fingerprint density at radius 3 is 3.17 bits per heavy atom. The number of hydrogen-bond donors (Lipinski definition) is 1. The first kappa shape index (κ1) is 17.4. The Hall–Kier alpha value is -2.48. The van der Waals surface area contributed by atoms with E-state index in [4.69, 9.17) is 9.15 Å². The smallest absolute Gasteiger partial charge is 0.281 e. The van der Waals surface area contributed by atoms with Gasteiger partial charge in [0.15, 0.2) is 5.65 Å². The van der Waals surface area contributed by atoms with Gasteiger partial charge in [-0.3, -0.25) is 4.90 Å². The predicted octanol–water partition coefficient (Wildman–Crippen LogP) is 4.56. The van der Waals surface area contributed by atoms with E-state index in [1.54, 1.807) is 6.20 Å². The van der Waals surface area contributed by atoms with Crippen LogP contribution in [0.4, 0.5) is 0 Å². The van der Waals surface area contributed by atoms with Crippen LogP contribution in [0.25, 0.3) is 21.3 Å². The lowest BCUT2D eigenvalue weighted by atomic mass is 9.81. The fourth-order valence-electron chi connectivity index (χ4n) is 4.56. The molecule has 6 heterocycles. The van der Waals surface area contributed by atoms with Crippen LogP contribution >= 0.6 is 11.3 Å². The number of rotatable bonds is 4. The van der Waals surface area contributed by atoms with Crippen molar-refractivity contribution in [1.82, 2.24) is 20.2 Å². The number of aromatic nitrogens is 2. The molecule has 2 bridgehead atoms. The molecule has 6 nitrogen and oxygen atoms in total. The molecule has 4 aromatic rings. The molecule has 2 atom stereocenters. The number of nitrogens with one attached hydrogen (secondary N) is 1. The summed E-state index contributed by atoms with van der Waals surface area (Å²) in [7, 11) is 0. The highest BCUT2D eigenvalue weighted by Gasteiger charge is 2.42. The molecule has 0 aliphatic carbocycles. The first-order chi connectivity index (χ1) is 14.2. The quantitative estimate of drug-likeness (QED) is 0.536. The molecule has 3 aromatic heterocycles. The first-order valence-electron chi connectivity index (χ1n) is 10.0. The van der Waals surface area contributed by atoms with Crippen LogP contribution in [0.1, 0.15) is 25.3 Å². The summed E-state index contributed by atoms with van der Waals surface area (Å²) < 4.78 is 12.9. The molecule has 1 unspecified atom stereocenters. The highest BCUT2D eigenvalue weighted by atomic mass is 32.1. The molecule has 1 N–H and O–H groups in total. The van der Waals surface area contributed by atoms with Gasteiger partial charge in [-0.05, 0) is 44.0 Å². The number of thiazole rings is 1. The fraction of sp³-hybridized carbons (Fsp3) is 0.364. The minimum Gasteiger partial charge on any atom is -0.464 e. The van der Waals surface area contributed by atoms with Crippen LogP contribution < -0.4 is 10.1 Å². The van der Waals surface area contributed by atoms with Crippen LogP contribution in [0.2, 0.25) is 0 Å². The highest BCUT2D eigenvalue weighted by molar-refractivity contribution is 7.20. The van der Waals surface area contributed by atoms with Gasteiger partial charge < -0.3 is 14.5 Å². The zero-order valence-corrected chi connectivity index (χ0v) is 17.0. The Kier molecular flexibility index (Phi) is 3.91. The number of benzene rings is 1. The molecule has 7 rings (SSSR count). The Labute approximate surface area is 172 Å². The highest BCUT2D eigenvalue weighted by Crippen LogP contribution is 2.36. The molecular formula is C22H22N4O2S. The molecular weight excluding hydrogens is 384 g/mol. The predicted molar refractivity (Wildman–Crippen MR) is 114 cm³/mol. The standard InChI is InChI=1S/C22H22N4O2S/c1-22-7-6-15(24-13-22)11-26(22)10-14-12-27-18-9-16(4-5-17(14)18)28-21-25-20-19(29-21)3-2-8-23-20/h2-5,8-9,12,15,24H,6-7,10-11,13H2,1H3/t15-,22?/m0/s1. The Morgan fingerprint density at radius 2 is 2.34 bits per heavy atom. The van der Waals surface area contributed by atoms with Gasteiger partial charge in [0.05, 0.1) is 11.0 Å². The minimum absolute atomic E-state index is 0.238. The molecule has 3 saturated heterocycles. The maximum atomic E-state index is 5.98. The van der Waals surface area contributed by atoms with E-state index in [1.165, 1.54) is 29.7 Å². The van der Waals surface area contributed by atoms with Crippen molar-refractivity contribution in [2.24, 2.45) is 0 Å². The fourth-order valence-corrected chi connectivity index (χ4v) is 5.35. The molecule has 0 amide bonds. The lowest BCUT2D eigenvalue weighted by Crippen LogP contribution is -2.67. The summed E-state index contributed by atoms with van der Waals surface area (Å²) in [6.07, 6.45) is 6.18. The average Bonchev–Trinajstić information content (AvgIpc) is 3.32. The molecule has 148 valence electrons. The third-order valence-electron chi connectivity index (χ3n) is 6.35. The molecule has 0 saturated carbocycles. The van der Waals surface area contributed by atoms with E-state index >= 15 is 0 Å². The van der Waals surface area contributed by atoms with Gasteiger partial charge in [-0.1, -0.05) is 11.3 Å². The Balaban J connectivity index is 1.25. The topological polar surface area (TPSA) is 63.4 Å². The van der Waals surface area contributed by atoms with Crippen molar-refractivity contribution in [3.63, 3.8) is 0 Å². The first-order valence-corrected chi connectivity index (χ1v) is 10.9. The molecule has 3 aliphatic heterocycles. The minimum atomic E-state index is 0.238. The Bertz CT molecular complexity index is 1160. The third kappa shape index (κ3) is 3.01. The lowest BCUT2D eigenvalue weighted by Gasteiger charge is -2.53. The van der Waals surface area contributed by atoms with Crippen molar-refractivity contribution >= 4 is 32.7 Å². The van der Waals surface area contributed by atoms with E-state index in [1.807, 2.05) is 30.5 Å². The van der Waals surface area contributed by atoms with Crippen LogP contribution in [0.3, 0.4) is 0 Å². The van der Waals surface area contributed by atoms with Crippen molar-refractivity contribution in [1.29, 1.82) is 0 Å². The number of pyridine rings is 1. The third-order valence-corrected chi connectivity index (χ3v) is 7.23. The van der Waals surface area contributed by atoms with E-state index in [0.29, 0.717) is 16.9 Å². The molecule has 1 aromatic carbocycles.